The average molecular weight is 323 g/mol. The van der Waals surface area contributed by atoms with Gasteiger partial charge in [-0.2, -0.15) is 0 Å². The standard InChI is InChI=1S/C16H21NO6/c1-22-13-9-11(8-10(4-3-7-18)14(13)23-2)15(19)17-6-5-12(17)16(20)21/h8-9,12,18H,3-7H2,1-2H3,(H,20,21)/t12-/m1/s1. The van der Waals surface area contributed by atoms with Crippen LogP contribution in [0.4, 0.5) is 0 Å². The van der Waals surface area contributed by atoms with Crippen molar-refractivity contribution >= 4 is 11.9 Å². The first kappa shape index (κ1) is 17.1. The molecular weight excluding hydrogens is 302 g/mol. The number of nitrogens with zero attached hydrogens (tertiary/aromatic N) is 1. The number of carbonyl (C=O) groups is 2. The number of benzene rings is 1. The highest BCUT2D eigenvalue weighted by Crippen LogP contribution is 2.34. The van der Waals surface area contributed by atoms with Crippen molar-refractivity contribution in [3.05, 3.63) is 23.3 Å². The lowest BCUT2D eigenvalue weighted by molar-refractivity contribution is -0.146. The van der Waals surface area contributed by atoms with Crippen molar-refractivity contribution in [1.29, 1.82) is 0 Å². The number of ether oxygens (including phenoxy) is 2. The van der Waals surface area contributed by atoms with Crippen LogP contribution in [-0.2, 0) is 11.2 Å². The molecule has 0 radical (unpaired) electrons. The van der Waals surface area contributed by atoms with Crippen molar-refractivity contribution in [2.75, 3.05) is 27.4 Å². The average Bonchev–Trinajstić information content (AvgIpc) is 2.49. The molecule has 126 valence electrons. The molecule has 0 bridgehead atoms. The second-order valence-corrected chi connectivity index (χ2v) is 5.34. The largest absolute Gasteiger partial charge is 0.493 e. The Morgan fingerprint density at radius 3 is 2.52 bits per heavy atom. The van der Waals surface area contributed by atoms with Crippen molar-refractivity contribution in [3.8, 4) is 11.5 Å². The summed E-state index contributed by atoms with van der Waals surface area (Å²) in [6, 6.07) is 2.47. The van der Waals surface area contributed by atoms with Gasteiger partial charge in [-0.3, -0.25) is 4.79 Å². The first-order valence-electron chi connectivity index (χ1n) is 7.43. The van der Waals surface area contributed by atoms with Gasteiger partial charge in [-0.05, 0) is 37.0 Å². The van der Waals surface area contributed by atoms with Crippen LogP contribution in [0, 0.1) is 0 Å². The van der Waals surface area contributed by atoms with E-state index in [0.717, 1.165) is 5.56 Å². The highest BCUT2D eigenvalue weighted by atomic mass is 16.5. The third kappa shape index (κ3) is 3.39. The van der Waals surface area contributed by atoms with Crippen molar-refractivity contribution < 1.29 is 29.3 Å². The Labute approximate surface area is 134 Å². The predicted molar refractivity (Wildman–Crippen MR) is 82.0 cm³/mol. The maximum absolute atomic E-state index is 12.6. The molecule has 1 atom stereocenters. The summed E-state index contributed by atoms with van der Waals surface area (Å²) in [6.45, 7) is 0.451. The first-order valence-corrected chi connectivity index (χ1v) is 7.43. The molecule has 1 heterocycles. The number of carboxylic acid groups (broad SMARTS) is 1. The van der Waals surface area contributed by atoms with Crippen LogP contribution in [0.3, 0.4) is 0 Å². The maximum atomic E-state index is 12.6. The predicted octanol–water partition coefficient (Wildman–Crippen LogP) is 0.928. The topological polar surface area (TPSA) is 96.3 Å². The van der Waals surface area contributed by atoms with Crippen molar-refractivity contribution in [3.63, 3.8) is 0 Å². The third-order valence-electron chi connectivity index (χ3n) is 3.97. The molecular formula is C16H21NO6. The molecule has 1 aromatic rings. The Morgan fingerprint density at radius 2 is 2.04 bits per heavy atom. The highest BCUT2D eigenvalue weighted by Gasteiger charge is 2.38. The van der Waals surface area contributed by atoms with E-state index < -0.39 is 12.0 Å². The number of aliphatic carboxylic acids is 1. The lowest BCUT2D eigenvalue weighted by atomic mass is 9.99. The minimum Gasteiger partial charge on any atom is -0.493 e. The van der Waals surface area contributed by atoms with Crippen LogP contribution in [0.5, 0.6) is 11.5 Å². The van der Waals surface area contributed by atoms with E-state index in [4.69, 9.17) is 19.7 Å². The van der Waals surface area contributed by atoms with E-state index in [1.54, 1.807) is 12.1 Å². The molecule has 2 rings (SSSR count). The van der Waals surface area contributed by atoms with Gasteiger partial charge in [-0.1, -0.05) is 0 Å². The van der Waals surface area contributed by atoms with Gasteiger partial charge < -0.3 is 24.6 Å². The Bertz CT molecular complexity index is 600. The molecule has 0 saturated carbocycles. The van der Waals surface area contributed by atoms with Gasteiger partial charge in [0.05, 0.1) is 14.2 Å². The maximum Gasteiger partial charge on any atom is 0.326 e. The number of methoxy groups -OCH3 is 2. The lowest BCUT2D eigenvalue weighted by Gasteiger charge is -2.38. The summed E-state index contributed by atoms with van der Waals surface area (Å²) in [5.41, 5.74) is 1.11. The molecule has 0 aromatic heterocycles. The Morgan fingerprint density at radius 1 is 1.30 bits per heavy atom. The van der Waals surface area contributed by atoms with E-state index in [0.29, 0.717) is 42.9 Å². The number of hydrogen-bond acceptors (Lipinski definition) is 5. The quantitative estimate of drug-likeness (QED) is 0.775. The van der Waals surface area contributed by atoms with Gasteiger partial charge in [-0.15, -0.1) is 0 Å². The van der Waals surface area contributed by atoms with Crippen molar-refractivity contribution in [2.24, 2.45) is 0 Å². The highest BCUT2D eigenvalue weighted by molar-refractivity contribution is 5.98. The molecule has 1 fully saturated rings. The number of rotatable bonds is 7. The number of aliphatic hydroxyl groups excluding tert-OH is 1. The van der Waals surface area contributed by atoms with Crippen LogP contribution in [0.15, 0.2) is 12.1 Å². The summed E-state index contributed by atoms with van der Waals surface area (Å²) in [6.07, 6.45) is 1.52. The molecule has 1 aliphatic rings. The third-order valence-corrected chi connectivity index (χ3v) is 3.97. The molecule has 1 aromatic carbocycles. The number of aryl methyl sites for hydroxylation is 1. The summed E-state index contributed by atoms with van der Waals surface area (Å²) in [7, 11) is 2.99. The summed E-state index contributed by atoms with van der Waals surface area (Å²) >= 11 is 0. The first-order chi connectivity index (χ1) is 11.0. The number of aliphatic hydroxyl groups is 1. The van der Waals surface area contributed by atoms with Gasteiger partial charge in [-0.25, -0.2) is 4.79 Å². The Balaban J connectivity index is 2.34. The fourth-order valence-corrected chi connectivity index (χ4v) is 2.67. The zero-order valence-corrected chi connectivity index (χ0v) is 13.2. The number of carboxylic acids is 1. The second-order valence-electron chi connectivity index (χ2n) is 5.34. The van der Waals surface area contributed by atoms with Crippen molar-refractivity contribution in [2.45, 2.75) is 25.3 Å². The van der Waals surface area contributed by atoms with Gasteiger partial charge in [0.1, 0.15) is 6.04 Å². The molecule has 2 N–H and O–H groups in total. The molecule has 7 nitrogen and oxygen atoms in total. The Hall–Kier alpha value is -2.28. The minimum absolute atomic E-state index is 0.0247. The van der Waals surface area contributed by atoms with Gasteiger partial charge in [0.25, 0.3) is 5.91 Å². The zero-order valence-electron chi connectivity index (χ0n) is 13.2. The number of hydrogen-bond donors (Lipinski definition) is 2. The molecule has 1 aliphatic heterocycles. The summed E-state index contributed by atoms with van der Waals surface area (Å²) in [4.78, 5) is 25.0. The van der Waals surface area contributed by atoms with Crippen molar-refractivity contribution in [1.82, 2.24) is 4.90 Å². The van der Waals surface area contributed by atoms with E-state index in [-0.39, 0.29) is 12.5 Å². The van der Waals surface area contributed by atoms with E-state index in [1.165, 1.54) is 19.1 Å². The van der Waals surface area contributed by atoms with Gasteiger partial charge >= 0.3 is 5.97 Å². The minimum atomic E-state index is -0.995. The normalized spacial score (nSPS) is 16.7. The molecule has 0 spiro atoms. The van der Waals surface area contributed by atoms with Crippen LogP contribution in [0.2, 0.25) is 0 Å². The van der Waals surface area contributed by atoms with Crippen LogP contribution in [-0.4, -0.2) is 60.4 Å². The fourth-order valence-electron chi connectivity index (χ4n) is 2.67. The van der Waals surface area contributed by atoms with Crippen LogP contribution >= 0.6 is 0 Å². The fraction of sp³-hybridized carbons (Fsp3) is 0.500. The zero-order chi connectivity index (χ0) is 17.0. The van der Waals surface area contributed by atoms with E-state index >= 15 is 0 Å². The van der Waals surface area contributed by atoms with Gasteiger partial charge in [0.15, 0.2) is 11.5 Å². The van der Waals surface area contributed by atoms with Crippen LogP contribution in [0.25, 0.3) is 0 Å². The van der Waals surface area contributed by atoms with Gasteiger partial charge in [0, 0.05) is 18.7 Å². The van der Waals surface area contributed by atoms with E-state index in [9.17, 15) is 9.59 Å². The van der Waals surface area contributed by atoms with Crippen LogP contribution < -0.4 is 9.47 Å². The van der Waals surface area contributed by atoms with E-state index in [2.05, 4.69) is 0 Å². The molecule has 0 unspecified atom stereocenters. The summed E-state index contributed by atoms with van der Waals surface area (Å²) in [5.74, 6) is -0.394. The molecule has 7 heteroatoms. The molecule has 23 heavy (non-hydrogen) atoms. The number of carbonyl (C=O) groups excluding carboxylic acids is 1. The second kappa shape index (κ2) is 7.32. The molecule has 1 amide bonds. The molecule has 1 saturated heterocycles. The smallest absolute Gasteiger partial charge is 0.326 e. The lowest BCUT2D eigenvalue weighted by Crippen LogP contribution is -2.55. The Kier molecular flexibility index (Phi) is 5.44. The van der Waals surface area contributed by atoms with Crippen LogP contribution in [0.1, 0.15) is 28.8 Å². The number of likely N-dealkylation sites (tertiary alicyclic amines) is 1. The monoisotopic (exact) mass is 323 g/mol. The summed E-state index contributed by atoms with van der Waals surface area (Å²) in [5, 5.41) is 18.1. The molecule has 0 aliphatic carbocycles. The number of amides is 1. The van der Waals surface area contributed by atoms with Gasteiger partial charge in [0.2, 0.25) is 0 Å². The summed E-state index contributed by atoms with van der Waals surface area (Å²) < 4.78 is 10.6. The SMILES string of the molecule is COc1cc(C(=O)N2CC[C@@H]2C(=O)O)cc(CCCO)c1OC. The van der Waals surface area contributed by atoms with E-state index in [1.807, 2.05) is 0 Å².